The fourth-order valence-corrected chi connectivity index (χ4v) is 6.70. The van der Waals surface area contributed by atoms with Gasteiger partial charge in [-0.1, -0.05) is 13.3 Å². The smallest absolute Gasteiger partial charge is 0.409 e. The lowest BCUT2D eigenvalue weighted by Crippen LogP contribution is -2.64. The standard InChI is InChI=1S/C24H38N4O8S/c1-3-4-17-35-21-7-5-20(6-8-21)26-13-15-28(16-14-26)37(32,33)24(22(29)25-31)9-11-27(12-10-24)23(30)36-19-18-34-2/h5-8,31H,3-4,9-19H2,1-2H3,(H,25,29). The third kappa shape index (κ3) is 6.64. The van der Waals surface area contributed by atoms with Crippen molar-refractivity contribution in [3.63, 3.8) is 0 Å². The maximum Gasteiger partial charge on any atom is 0.409 e. The van der Waals surface area contributed by atoms with Gasteiger partial charge in [-0.05, 0) is 43.5 Å². The van der Waals surface area contributed by atoms with E-state index < -0.39 is 26.8 Å². The number of rotatable bonds is 11. The van der Waals surface area contributed by atoms with Crippen molar-refractivity contribution in [3.05, 3.63) is 24.3 Å². The number of piperidine rings is 1. The molecular formula is C24H38N4O8S. The molecule has 3 rings (SSSR count). The van der Waals surface area contributed by atoms with Crippen molar-refractivity contribution < 1.29 is 37.4 Å². The van der Waals surface area contributed by atoms with Gasteiger partial charge in [0.05, 0.1) is 13.2 Å². The molecule has 2 heterocycles. The van der Waals surface area contributed by atoms with E-state index in [0.717, 1.165) is 24.3 Å². The molecule has 13 heteroatoms. The monoisotopic (exact) mass is 542 g/mol. The molecule has 2 fully saturated rings. The van der Waals surface area contributed by atoms with Crippen LogP contribution in [0.5, 0.6) is 5.75 Å². The molecule has 37 heavy (non-hydrogen) atoms. The third-order valence-corrected chi connectivity index (χ3v) is 9.52. The molecule has 0 saturated carbocycles. The number of ether oxygens (including phenoxy) is 3. The molecule has 2 amide bonds. The second-order valence-electron chi connectivity index (χ2n) is 9.12. The number of nitrogens with zero attached hydrogens (tertiary/aromatic N) is 3. The van der Waals surface area contributed by atoms with Gasteiger partial charge >= 0.3 is 6.09 Å². The highest BCUT2D eigenvalue weighted by Crippen LogP contribution is 2.35. The first-order valence-corrected chi connectivity index (χ1v) is 14.1. The van der Waals surface area contributed by atoms with Crippen LogP contribution in [0, 0.1) is 0 Å². The largest absolute Gasteiger partial charge is 0.494 e. The van der Waals surface area contributed by atoms with Crippen molar-refractivity contribution in [2.75, 3.05) is 71.1 Å². The summed E-state index contributed by atoms with van der Waals surface area (Å²) in [5, 5.41) is 9.39. The molecule has 0 aliphatic carbocycles. The van der Waals surface area contributed by atoms with Gasteiger partial charge in [0.2, 0.25) is 10.0 Å². The summed E-state index contributed by atoms with van der Waals surface area (Å²) in [7, 11) is -2.65. The average molecular weight is 543 g/mol. The second-order valence-corrected chi connectivity index (χ2v) is 11.4. The number of nitrogens with one attached hydrogen (secondary N) is 1. The Morgan fingerprint density at radius 2 is 1.65 bits per heavy atom. The number of unbranched alkanes of at least 4 members (excludes halogenated alkanes) is 1. The Hall–Kier alpha value is -2.61. The van der Waals surface area contributed by atoms with Gasteiger partial charge in [0.15, 0.2) is 4.75 Å². The van der Waals surface area contributed by atoms with E-state index in [2.05, 4.69) is 11.8 Å². The third-order valence-electron chi connectivity index (χ3n) is 6.90. The number of piperazine rings is 1. The van der Waals surface area contributed by atoms with Crippen LogP contribution in [0.3, 0.4) is 0 Å². The van der Waals surface area contributed by atoms with Crippen LogP contribution in [0.25, 0.3) is 0 Å². The van der Waals surface area contributed by atoms with Gasteiger partial charge in [-0.2, -0.15) is 4.31 Å². The SMILES string of the molecule is CCCCOc1ccc(N2CCN(S(=O)(=O)C3(C(=O)NO)CCN(C(=O)OCCOC)CC3)CC2)cc1. The molecule has 0 radical (unpaired) electrons. The first-order chi connectivity index (χ1) is 17.8. The van der Waals surface area contributed by atoms with Gasteiger partial charge in [0.1, 0.15) is 12.4 Å². The lowest BCUT2D eigenvalue weighted by atomic mass is 9.95. The second kappa shape index (κ2) is 13.3. The minimum Gasteiger partial charge on any atom is -0.494 e. The zero-order valence-corrected chi connectivity index (χ0v) is 22.4. The van der Waals surface area contributed by atoms with Crippen molar-refractivity contribution in [3.8, 4) is 5.75 Å². The predicted octanol–water partition coefficient (Wildman–Crippen LogP) is 1.44. The number of amides is 2. The number of hydrogen-bond donors (Lipinski definition) is 2. The fourth-order valence-electron chi connectivity index (χ4n) is 4.58. The van der Waals surface area contributed by atoms with Gasteiger partial charge in [0.25, 0.3) is 5.91 Å². The first kappa shape index (κ1) is 29.0. The first-order valence-electron chi connectivity index (χ1n) is 12.6. The highest BCUT2D eigenvalue weighted by Gasteiger charge is 2.55. The van der Waals surface area contributed by atoms with Crippen LogP contribution in [-0.2, 0) is 24.3 Å². The van der Waals surface area contributed by atoms with Gasteiger partial charge in [-0.3, -0.25) is 10.0 Å². The zero-order valence-electron chi connectivity index (χ0n) is 21.6. The van der Waals surface area contributed by atoms with E-state index in [4.69, 9.17) is 14.2 Å². The number of hydroxylamine groups is 1. The van der Waals surface area contributed by atoms with Gasteiger partial charge < -0.3 is 24.0 Å². The molecule has 208 valence electrons. The molecule has 1 aromatic carbocycles. The Kier molecular flexibility index (Phi) is 10.4. The quantitative estimate of drug-likeness (QED) is 0.242. The lowest BCUT2D eigenvalue weighted by Gasteiger charge is -2.43. The number of benzene rings is 1. The normalized spacial score (nSPS) is 18.4. The molecule has 2 aliphatic rings. The number of methoxy groups -OCH3 is 1. The van der Waals surface area contributed by atoms with Gasteiger partial charge in [-0.15, -0.1) is 0 Å². The van der Waals surface area contributed by atoms with E-state index in [0.29, 0.717) is 19.7 Å². The summed E-state index contributed by atoms with van der Waals surface area (Å²) in [5.41, 5.74) is 2.51. The summed E-state index contributed by atoms with van der Waals surface area (Å²) in [5.74, 6) is -0.190. The Morgan fingerprint density at radius 3 is 2.22 bits per heavy atom. The topological polar surface area (TPSA) is 138 Å². The van der Waals surface area contributed by atoms with E-state index in [1.807, 2.05) is 24.3 Å². The summed E-state index contributed by atoms with van der Waals surface area (Å²) in [4.78, 5) is 28.4. The van der Waals surface area contributed by atoms with Crippen LogP contribution in [0.2, 0.25) is 0 Å². The van der Waals surface area contributed by atoms with Crippen molar-refractivity contribution in [2.24, 2.45) is 0 Å². The van der Waals surface area contributed by atoms with E-state index in [-0.39, 0.29) is 52.2 Å². The van der Waals surface area contributed by atoms with E-state index in [9.17, 15) is 23.2 Å². The highest BCUT2D eigenvalue weighted by atomic mass is 32.2. The van der Waals surface area contributed by atoms with Crippen LogP contribution in [0.15, 0.2) is 24.3 Å². The Labute approximate surface area is 218 Å². The van der Waals surface area contributed by atoms with Crippen LogP contribution in [-0.4, -0.2) is 106 Å². The number of hydrogen-bond acceptors (Lipinski definition) is 9. The van der Waals surface area contributed by atoms with Gasteiger partial charge in [-0.25, -0.2) is 18.7 Å². The molecule has 0 aromatic heterocycles. The van der Waals surface area contributed by atoms with Gasteiger partial charge in [0, 0.05) is 52.1 Å². The molecule has 1 aromatic rings. The Balaban J connectivity index is 1.63. The number of likely N-dealkylation sites (tertiary alicyclic amines) is 1. The summed E-state index contributed by atoms with van der Waals surface area (Å²) in [6.07, 6.45) is 1.15. The Morgan fingerprint density at radius 1 is 1.00 bits per heavy atom. The van der Waals surface area contributed by atoms with Crippen LogP contribution < -0.4 is 15.1 Å². The van der Waals surface area contributed by atoms with E-state index in [1.54, 1.807) is 5.48 Å². The summed E-state index contributed by atoms with van der Waals surface area (Å²) >= 11 is 0. The van der Waals surface area contributed by atoms with Crippen molar-refractivity contribution in [2.45, 2.75) is 37.4 Å². The minimum atomic E-state index is -4.14. The maximum atomic E-state index is 13.7. The predicted molar refractivity (Wildman–Crippen MR) is 136 cm³/mol. The number of anilines is 1. The highest BCUT2D eigenvalue weighted by molar-refractivity contribution is 7.91. The number of carbonyl (C=O) groups excluding carboxylic acids is 2. The van der Waals surface area contributed by atoms with Crippen molar-refractivity contribution >= 4 is 27.7 Å². The van der Waals surface area contributed by atoms with Crippen molar-refractivity contribution in [1.29, 1.82) is 0 Å². The molecule has 2 N–H and O–H groups in total. The number of carbonyl (C=O) groups is 2. The molecule has 12 nitrogen and oxygen atoms in total. The van der Waals surface area contributed by atoms with E-state index >= 15 is 0 Å². The molecule has 0 atom stereocenters. The summed E-state index contributed by atoms with van der Waals surface area (Å²) in [6, 6.07) is 7.71. The molecule has 0 spiro atoms. The zero-order chi connectivity index (χ0) is 26.9. The van der Waals surface area contributed by atoms with E-state index in [1.165, 1.54) is 16.3 Å². The molecule has 0 unspecified atom stereocenters. The van der Waals surface area contributed by atoms with Crippen LogP contribution in [0.4, 0.5) is 10.5 Å². The average Bonchev–Trinajstić information content (AvgIpc) is 2.93. The van der Waals surface area contributed by atoms with Crippen LogP contribution in [0.1, 0.15) is 32.6 Å². The summed E-state index contributed by atoms with van der Waals surface area (Å²) in [6.45, 7) is 4.39. The lowest BCUT2D eigenvalue weighted by molar-refractivity contribution is -0.133. The molecule has 0 bridgehead atoms. The van der Waals surface area contributed by atoms with Crippen LogP contribution >= 0.6 is 0 Å². The minimum absolute atomic E-state index is 0.00507. The fraction of sp³-hybridized carbons (Fsp3) is 0.667. The molecule has 2 aliphatic heterocycles. The summed E-state index contributed by atoms with van der Waals surface area (Å²) < 4.78 is 42.6. The maximum absolute atomic E-state index is 13.7. The number of sulfonamides is 1. The molecule has 2 saturated heterocycles. The van der Waals surface area contributed by atoms with Crippen molar-refractivity contribution in [1.82, 2.24) is 14.7 Å². The Bertz CT molecular complexity index is 989. The molecular weight excluding hydrogens is 504 g/mol.